The van der Waals surface area contributed by atoms with Gasteiger partial charge in [0.25, 0.3) is 0 Å². The van der Waals surface area contributed by atoms with Gasteiger partial charge in [-0.05, 0) is 25.8 Å². The summed E-state index contributed by atoms with van der Waals surface area (Å²) in [4.78, 5) is 24.3. The molecule has 1 aromatic heterocycles. The predicted molar refractivity (Wildman–Crippen MR) is 67.9 cm³/mol. The molecule has 0 saturated heterocycles. The van der Waals surface area contributed by atoms with Gasteiger partial charge >= 0.3 is 17.5 Å². The Kier molecular flexibility index (Phi) is 5.04. The third kappa shape index (κ3) is 2.92. The number of aromatic nitrogens is 1. The second-order valence-corrected chi connectivity index (χ2v) is 3.81. The smallest absolute Gasteiger partial charge is 0.384 e. The van der Waals surface area contributed by atoms with Crippen LogP contribution in [0.15, 0.2) is 4.47 Å². The van der Waals surface area contributed by atoms with E-state index in [0.29, 0.717) is 0 Å². The van der Waals surface area contributed by atoms with E-state index >= 15 is 0 Å². The fourth-order valence-electron chi connectivity index (χ4n) is 1.33. The summed E-state index contributed by atoms with van der Waals surface area (Å²) < 4.78 is 10.2. The summed E-state index contributed by atoms with van der Waals surface area (Å²) in [5, 5.41) is 19.6. The molecule has 0 saturated carbocycles. The second-order valence-electron chi connectivity index (χ2n) is 3.02. The average molecular weight is 335 g/mol. The van der Waals surface area contributed by atoms with Crippen molar-refractivity contribution in [2.45, 2.75) is 13.8 Å². The molecule has 1 aromatic rings. The zero-order valence-corrected chi connectivity index (χ0v) is 11.8. The number of rotatable bonds is 2. The van der Waals surface area contributed by atoms with Crippen LogP contribution in [0.3, 0.4) is 0 Å². The Labute approximate surface area is 116 Å². The molecule has 19 heavy (non-hydrogen) atoms. The Balaban J connectivity index is 0.000000861. The molecule has 9 heteroatoms. The first-order chi connectivity index (χ1) is 9.02. The van der Waals surface area contributed by atoms with Crippen molar-refractivity contribution in [3.8, 4) is 11.5 Å². The summed E-state index contributed by atoms with van der Waals surface area (Å²) in [6.07, 6.45) is 0. The first-order valence-corrected chi connectivity index (χ1v) is 6.18. The highest BCUT2D eigenvalue weighted by atomic mass is 79.9. The van der Waals surface area contributed by atoms with Gasteiger partial charge in [0.15, 0.2) is 10.2 Å². The van der Waals surface area contributed by atoms with E-state index in [2.05, 4.69) is 20.9 Å². The van der Waals surface area contributed by atoms with E-state index in [4.69, 9.17) is 14.6 Å². The van der Waals surface area contributed by atoms with Crippen LogP contribution in [0, 0.1) is 10.1 Å². The van der Waals surface area contributed by atoms with E-state index < -0.39 is 22.4 Å². The monoisotopic (exact) mass is 334 g/mol. The molecule has 2 rings (SSSR count). The molecule has 0 aromatic carbocycles. The molecule has 0 spiro atoms. The number of nitro groups is 1. The number of hydrogen-bond acceptors (Lipinski definition) is 6. The van der Waals surface area contributed by atoms with Crippen molar-refractivity contribution >= 4 is 27.7 Å². The molecule has 8 nitrogen and oxygen atoms in total. The van der Waals surface area contributed by atoms with Crippen molar-refractivity contribution in [1.29, 1.82) is 0 Å². The maximum absolute atomic E-state index is 10.9. The number of carboxylic acid groups (broad SMARTS) is 1. The van der Waals surface area contributed by atoms with Gasteiger partial charge in [-0.3, -0.25) is 0 Å². The average Bonchev–Trinajstić information content (AvgIpc) is 2.41. The lowest BCUT2D eigenvalue weighted by Crippen LogP contribution is -2.20. The number of ether oxygens (including phenoxy) is 2. The molecule has 104 valence electrons. The maximum Gasteiger partial charge on any atom is 0.384 e. The molecule has 0 bridgehead atoms. The summed E-state index contributed by atoms with van der Waals surface area (Å²) in [5.74, 6) is -2.13. The van der Waals surface area contributed by atoms with E-state index in [1.807, 2.05) is 13.8 Å². The van der Waals surface area contributed by atoms with E-state index in [-0.39, 0.29) is 29.2 Å². The molecular formula is C10H11BrN2O6. The van der Waals surface area contributed by atoms with Crippen LogP contribution >= 0.6 is 15.9 Å². The zero-order chi connectivity index (χ0) is 14.6. The zero-order valence-electron chi connectivity index (χ0n) is 10.2. The quantitative estimate of drug-likeness (QED) is 0.651. The minimum absolute atomic E-state index is 0.00431. The van der Waals surface area contributed by atoms with Crippen LogP contribution in [0.2, 0.25) is 0 Å². The van der Waals surface area contributed by atoms with E-state index in [1.54, 1.807) is 0 Å². The number of carboxylic acids is 1. The highest BCUT2D eigenvalue weighted by Crippen LogP contribution is 2.43. The molecule has 0 fully saturated rings. The normalized spacial score (nSPS) is 12.2. The Morgan fingerprint density at radius 3 is 2.37 bits per heavy atom. The topological polar surface area (TPSA) is 112 Å². The standard InChI is InChI=1S/C8H5BrN2O6.C2H6/c9-3-5-6(17-2-1-16-5)4(8(12)13)10-7(3)11(14)15;1-2/h1-2H2,(H,12,13);1-2H3. The Hall–Kier alpha value is -1.90. The lowest BCUT2D eigenvalue weighted by atomic mass is 10.2. The summed E-state index contributed by atoms with van der Waals surface area (Å²) in [6, 6.07) is 0. The molecule has 1 aliphatic rings. The predicted octanol–water partition coefficient (Wildman–Crippen LogP) is 2.25. The second kappa shape index (κ2) is 6.32. The van der Waals surface area contributed by atoms with Crippen LogP contribution < -0.4 is 9.47 Å². The van der Waals surface area contributed by atoms with Crippen molar-refractivity contribution in [3.05, 3.63) is 20.3 Å². The Morgan fingerprint density at radius 1 is 1.37 bits per heavy atom. The van der Waals surface area contributed by atoms with Gasteiger partial charge in [-0.25, -0.2) is 4.79 Å². The summed E-state index contributed by atoms with van der Waals surface area (Å²) in [6.45, 7) is 4.35. The fraction of sp³-hybridized carbons (Fsp3) is 0.400. The SMILES string of the molecule is CC.O=C(O)c1nc([N+](=O)[O-])c(Br)c2c1OCCO2. The number of hydrogen-bond donors (Lipinski definition) is 1. The molecule has 0 aliphatic carbocycles. The first kappa shape index (κ1) is 15.2. The van der Waals surface area contributed by atoms with Crippen LogP contribution in [0.1, 0.15) is 24.3 Å². The van der Waals surface area contributed by atoms with Gasteiger partial charge < -0.3 is 24.7 Å². The summed E-state index contributed by atoms with van der Waals surface area (Å²) >= 11 is 2.95. The molecule has 0 unspecified atom stereocenters. The lowest BCUT2D eigenvalue weighted by Gasteiger charge is -2.18. The van der Waals surface area contributed by atoms with Crippen molar-refractivity contribution in [1.82, 2.24) is 4.98 Å². The molecule has 1 N–H and O–H groups in total. The number of halogens is 1. The van der Waals surface area contributed by atoms with Gasteiger partial charge in [0.1, 0.15) is 13.2 Å². The summed E-state index contributed by atoms with van der Waals surface area (Å²) in [5.41, 5.74) is -0.533. The fourth-order valence-corrected chi connectivity index (χ4v) is 1.86. The third-order valence-electron chi connectivity index (χ3n) is 1.99. The van der Waals surface area contributed by atoms with Crippen LogP contribution in [0.4, 0.5) is 5.82 Å². The van der Waals surface area contributed by atoms with Gasteiger partial charge in [-0.1, -0.05) is 13.8 Å². The molecular weight excluding hydrogens is 324 g/mol. The van der Waals surface area contributed by atoms with Crippen LogP contribution in [-0.2, 0) is 0 Å². The van der Waals surface area contributed by atoms with Gasteiger partial charge in [0.05, 0.1) is 0 Å². The number of pyridine rings is 1. The van der Waals surface area contributed by atoms with Crippen LogP contribution in [-0.4, -0.2) is 34.2 Å². The van der Waals surface area contributed by atoms with Crippen molar-refractivity contribution in [2.24, 2.45) is 0 Å². The van der Waals surface area contributed by atoms with Gasteiger partial charge in [-0.15, -0.1) is 0 Å². The number of fused-ring (bicyclic) bond motifs is 1. The largest absolute Gasteiger partial charge is 0.484 e. The molecule has 0 radical (unpaired) electrons. The minimum atomic E-state index is -1.41. The molecule has 0 amide bonds. The van der Waals surface area contributed by atoms with Crippen LogP contribution in [0.25, 0.3) is 0 Å². The highest BCUT2D eigenvalue weighted by molar-refractivity contribution is 9.10. The van der Waals surface area contributed by atoms with Gasteiger partial charge in [0.2, 0.25) is 5.75 Å². The number of nitrogens with zero attached hydrogens (tertiary/aromatic N) is 2. The van der Waals surface area contributed by atoms with Crippen molar-refractivity contribution in [3.63, 3.8) is 0 Å². The maximum atomic E-state index is 10.9. The first-order valence-electron chi connectivity index (χ1n) is 5.39. The van der Waals surface area contributed by atoms with Crippen molar-refractivity contribution < 1.29 is 24.3 Å². The molecule has 0 atom stereocenters. The van der Waals surface area contributed by atoms with E-state index in [0.717, 1.165) is 0 Å². The van der Waals surface area contributed by atoms with Gasteiger partial charge in [0, 0.05) is 0 Å². The minimum Gasteiger partial charge on any atom is -0.484 e. The molecule has 2 heterocycles. The lowest BCUT2D eigenvalue weighted by molar-refractivity contribution is -0.390. The number of aromatic carboxylic acids is 1. The van der Waals surface area contributed by atoms with E-state index in [9.17, 15) is 14.9 Å². The number of carbonyl (C=O) groups is 1. The van der Waals surface area contributed by atoms with Crippen molar-refractivity contribution in [2.75, 3.05) is 13.2 Å². The summed E-state index contributed by atoms with van der Waals surface area (Å²) in [7, 11) is 0. The third-order valence-corrected chi connectivity index (χ3v) is 2.70. The Morgan fingerprint density at radius 2 is 1.89 bits per heavy atom. The van der Waals surface area contributed by atoms with Crippen LogP contribution in [0.5, 0.6) is 11.5 Å². The van der Waals surface area contributed by atoms with Gasteiger partial charge in [-0.2, -0.15) is 0 Å². The Bertz CT molecular complexity index is 519. The molecule has 1 aliphatic heterocycles. The highest BCUT2D eigenvalue weighted by Gasteiger charge is 2.34. The van der Waals surface area contributed by atoms with E-state index in [1.165, 1.54) is 0 Å².